The van der Waals surface area contributed by atoms with Crippen molar-refractivity contribution in [2.75, 3.05) is 0 Å². The minimum Gasteiger partial charge on any atom is -0.505 e. The Labute approximate surface area is 141 Å². The molecule has 5 nitrogen and oxygen atoms in total. The molecule has 1 aliphatic heterocycles. The van der Waals surface area contributed by atoms with E-state index in [1.807, 2.05) is 51.3 Å². The van der Waals surface area contributed by atoms with Crippen molar-refractivity contribution in [3.05, 3.63) is 45.5 Å². The highest BCUT2D eigenvalue weighted by Crippen LogP contribution is 2.34. The molecule has 0 bridgehead atoms. The normalized spacial score (nSPS) is 21.5. The molecule has 1 unspecified atom stereocenters. The molecule has 1 atom stereocenters. The van der Waals surface area contributed by atoms with Crippen molar-refractivity contribution in [2.24, 2.45) is 11.5 Å². The second-order valence-electron chi connectivity index (χ2n) is 7.05. The fourth-order valence-corrected chi connectivity index (χ4v) is 3.78. The number of carbonyl (C=O) groups excluding carboxylic acids is 1. The topological polar surface area (TPSA) is 101 Å². The fourth-order valence-electron chi connectivity index (χ4n) is 3.01. The molecule has 0 radical (unpaired) electrons. The molecule has 6 N–H and O–H groups in total. The smallest absolute Gasteiger partial charge is 0.199 e. The Morgan fingerprint density at radius 2 is 2.04 bits per heavy atom. The van der Waals surface area contributed by atoms with Gasteiger partial charge in [0.25, 0.3) is 0 Å². The summed E-state index contributed by atoms with van der Waals surface area (Å²) in [5.74, 6) is -0.614. The van der Waals surface area contributed by atoms with Gasteiger partial charge >= 0.3 is 0 Å². The van der Waals surface area contributed by atoms with E-state index in [1.54, 1.807) is 11.3 Å². The molecule has 0 saturated heterocycles. The molecule has 1 aromatic rings. The highest BCUT2D eigenvalue weighted by molar-refractivity contribution is 7.09. The second-order valence-corrected chi connectivity index (χ2v) is 8.08. The third-order valence-corrected chi connectivity index (χ3v) is 4.83. The number of aliphatic hydroxyl groups is 1. The van der Waals surface area contributed by atoms with E-state index in [9.17, 15) is 9.90 Å². The zero-order valence-corrected chi connectivity index (χ0v) is 14.8. The molecule has 0 spiro atoms. The van der Waals surface area contributed by atoms with Crippen LogP contribution in [0.3, 0.4) is 0 Å². The van der Waals surface area contributed by atoms with E-state index in [4.69, 9.17) is 11.5 Å². The lowest BCUT2D eigenvalue weighted by molar-refractivity contribution is -0.116. The number of hydrogen-bond acceptors (Lipinski definition) is 6. The largest absolute Gasteiger partial charge is 0.505 e. The van der Waals surface area contributed by atoms with Gasteiger partial charge in [0.1, 0.15) is 11.5 Å². The molecule has 0 aromatic carbocycles. The Hall–Kier alpha value is -1.63. The summed E-state index contributed by atoms with van der Waals surface area (Å²) < 4.78 is 0. The Balaban J connectivity index is 2.24. The highest BCUT2D eigenvalue weighted by Gasteiger charge is 2.39. The van der Waals surface area contributed by atoms with Gasteiger partial charge in [0.2, 0.25) is 0 Å². The summed E-state index contributed by atoms with van der Waals surface area (Å²) in [5, 5.41) is 15.8. The third-order valence-electron chi connectivity index (χ3n) is 3.93. The van der Waals surface area contributed by atoms with Gasteiger partial charge in [-0.2, -0.15) is 0 Å². The van der Waals surface area contributed by atoms with Crippen LogP contribution in [0, 0.1) is 0 Å². The van der Waals surface area contributed by atoms with Crippen molar-refractivity contribution in [2.45, 2.75) is 51.2 Å². The Morgan fingerprint density at radius 3 is 2.52 bits per heavy atom. The average molecular weight is 335 g/mol. The summed E-state index contributed by atoms with van der Waals surface area (Å²) in [4.78, 5) is 13.4. The summed E-state index contributed by atoms with van der Waals surface area (Å²) in [6, 6.07) is 3.07. The second kappa shape index (κ2) is 6.11. The van der Waals surface area contributed by atoms with Crippen LogP contribution in [0.1, 0.15) is 32.6 Å². The Kier molecular flexibility index (Phi) is 4.71. The van der Waals surface area contributed by atoms with Crippen LogP contribution in [0.2, 0.25) is 0 Å². The van der Waals surface area contributed by atoms with Crippen molar-refractivity contribution in [1.82, 2.24) is 5.32 Å². The first kappa shape index (κ1) is 17.7. The monoisotopic (exact) mass is 335 g/mol. The zero-order chi connectivity index (χ0) is 17.4. The maximum Gasteiger partial charge on any atom is 0.199 e. The summed E-state index contributed by atoms with van der Waals surface area (Å²) in [5.41, 5.74) is 11.6. The van der Waals surface area contributed by atoms with Crippen LogP contribution in [0.4, 0.5) is 0 Å². The number of thiophene rings is 1. The minimum absolute atomic E-state index is 0.173. The summed E-state index contributed by atoms with van der Waals surface area (Å²) >= 11 is 1.54. The van der Waals surface area contributed by atoms with Gasteiger partial charge in [-0.05, 0) is 39.1 Å². The van der Waals surface area contributed by atoms with E-state index < -0.39 is 17.4 Å². The van der Waals surface area contributed by atoms with Crippen LogP contribution in [0.25, 0.3) is 0 Å². The number of nitrogens with one attached hydrogen (secondary N) is 1. The van der Waals surface area contributed by atoms with Crippen molar-refractivity contribution >= 4 is 17.1 Å². The van der Waals surface area contributed by atoms with Gasteiger partial charge < -0.3 is 16.6 Å². The molecule has 23 heavy (non-hydrogen) atoms. The Morgan fingerprint density at radius 1 is 1.39 bits per heavy atom. The lowest BCUT2D eigenvalue weighted by Gasteiger charge is -2.28. The standard InChI is InChI=1S/C17H25N3O2S/c1-16(2)9-11(17(3,4)20-16)14(21)13(19)15(22)12(18)8-10-6-5-7-23-10/h5-7,9,12,20-21H,8,18-19H2,1-4H3. The molecular weight excluding hydrogens is 310 g/mol. The maximum absolute atomic E-state index is 12.4. The van der Waals surface area contributed by atoms with E-state index in [0.717, 1.165) is 4.88 Å². The number of aliphatic hydroxyl groups excluding tert-OH is 1. The van der Waals surface area contributed by atoms with Crippen LogP contribution >= 0.6 is 11.3 Å². The molecule has 0 amide bonds. The maximum atomic E-state index is 12.4. The van der Waals surface area contributed by atoms with Gasteiger partial charge in [-0.3, -0.25) is 10.1 Å². The first-order valence-corrected chi connectivity index (χ1v) is 8.45. The quantitative estimate of drug-likeness (QED) is 0.487. The minimum atomic E-state index is -0.762. The van der Waals surface area contributed by atoms with Crippen LogP contribution in [-0.4, -0.2) is 28.0 Å². The van der Waals surface area contributed by atoms with Gasteiger partial charge in [-0.15, -0.1) is 11.3 Å². The van der Waals surface area contributed by atoms with E-state index in [1.165, 1.54) is 0 Å². The first-order valence-electron chi connectivity index (χ1n) is 7.57. The molecule has 126 valence electrons. The fraction of sp³-hybridized carbons (Fsp3) is 0.471. The molecule has 6 heteroatoms. The summed E-state index contributed by atoms with van der Waals surface area (Å²) in [6.45, 7) is 7.87. The van der Waals surface area contributed by atoms with E-state index in [2.05, 4.69) is 5.32 Å². The SMILES string of the molecule is CC1(C)C=C(C(O)=C(N)C(=O)C(N)Cc2cccs2)C(C)(C)N1. The summed E-state index contributed by atoms with van der Waals surface area (Å²) in [6.07, 6.45) is 2.31. The average Bonchev–Trinajstić information content (AvgIpc) is 3.01. The van der Waals surface area contributed by atoms with Gasteiger partial charge in [0, 0.05) is 27.9 Å². The van der Waals surface area contributed by atoms with Crippen molar-refractivity contribution in [1.29, 1.82) is 0 Å². The molecule has 1 aromatic heterocycles. The number of hydrogen-bond donors (Lipinski definition) is 4. The van der Waals surface area contributed by atoms with Crippen LogP contribution < -0.4 is 16.8 Å². The highest BCUT2D eigenvalue weighted by atomic mass is 32.1. The lowest BCUT2D eigenvalue weighted by atomic mass is 9.92. The summed E-state index contributed by atoms with van der Waals surface area (Å²) in [7, 11) is 0. The molecule has 1 aliphatic rings. The third kappa shape index (κ3) is 3.83. The number of carbonyl (C=O) groups is 1. The number of rotatable bonds is 5. The Bertz CT molecular complexity index is 657. The molecule has 0 fully saturated rings. The molecule has 2 heterocycles. The number of Topliss-reactive ketones (excluding diaryl/α,β-unsaturated/α-hetero) is 1. The van der Waals surface area contributed by atoms with Crippen molar-refractivity contribution in [3.63, 3.8) is 0 Å². The zero-order valence-electron chi connectivity index (χ0n) is 14.0. The number of nitrogens with two attached hydrogens (primary N) is 2. The number of ketones is 1. The predicted molar refractivity (Wildman–Crippen MR) is 94.2 cm³/mol. The molecule has 2 rings (SSSR count). The van der Waals surface area contributed by atoms with Gasteiger partial charge in [0.15, 0.2) is 5.78 Å². The first-order chi connectivity index (χ1) is 10.5. The van der Waals surface area contributed by atoms with Crippen molar-refractivity contribution < 1.29 is 9.90 Å². The van der Waals surface area contributed by atoms with Gasteiger partial charge in [0.05, 0.1) is 6.04 Å². The molecule has 0 saturated carbocycles. The van der Waals surface area contributed by atoms with Gasteiger partial charge in [-0.25, -0.2) is 0 Å². The van der Waals surface area contributed by atoms with Crippen LogP contribution in [0.5, 0.6) is 0 Å². The van der Waals surface area contributed by atoms with E-state index in [0.29, 0.717) is 12.0 Å². The van der Waals surface area contributed by atoms with E-state index in [-0.39, 0.29) is 17.0 Å². The van der Waals surface area contributed by atoms with Gasteiger partial charge in [-0.1, -0.05) is 12.1 Å². The van der Waals surface area contributed by atoms with Crippen LogP contribution in [-0.2, 0) is 11.2 Å². The molecule has 0 aliphatic carbocycles. The van der Waals surface area contributed by atoms with Crippen LogP contribution in [0.15, 0.2) is 40.6 Å². The molecular formula is C17H25N3O2S. The van der Waals surface area contributed by atoms with E-state index >= 15 is 0 Å². The lowest BCUT2D eigenvalue weighted by Crippen LogP contribution is -2.46. The predicted octanol–water partition coefficient (Wildman–Crippen LogP) is 2.00. The van der Waals surface area contributed by atoms with Crippen molar-refractivity contribution in [3.8, 4) is 0 Å².